The predicted octanol–water partition coefficient (Wildman–Crippen LogP) is 3.66. The first-order chi connectivity index (χ1) is 10.1. The number of esters is 1. The van der Waals surface area contributed by atoms with Crippen molar-refractivity contribution in [2.45, 2.75) is 0 Å². The Kier molecular flexibility index (Phi) is 4.74. The lowest BCUT2D eigenvalue weighted by Gasteiger charge is -2.04. The van der Waals surface area contributed by atoms with Gasteiger partial charge in [-0.3, -0.25) is 0 Å². The van der Waals surface area contributed by atoms with Crippen molar-refractivity contribution in [1.82, 2.24) is 0 Å². The summed E-state index contributed by atoms with van der Waals surface area (Å²) in [5.41, 5.74) is 0.597. The van der Waals surface area contributed by atoms with Crippen LogP contribution in [0.1, 0.15) is 15.9 Å². The van der Waals surface area contributed by atoms with Gasteiger partial charge in [-0.15, -0.1) is 0 Å². The third kappa shape index (κ3) is 3.94. The van der Waals surface area contributed by atoms with Gasteiger partial charge in [-0.1, -0.05) is 41.9 Å². The minimum Gasteiger partial charge on any atom is -0.478 e. The van der Waals surface area contributed by atoms with Crippen LogP contribution in [-0.2, 0) is 4.79 Å². The number of carbonyl (C=O) groups is 2. The van der Waals surface area contributed by atoms with Gasteiger partial charge < -0.3 is 9.84 Å². The van der Waals surface area contributed by atoms with Crippen LogP contribution >= 0.6 is 11.6 Å². The van der Waals surface area contributed by atoms with Crippen LogP contribution in [0.3, 0.4) is 0 Å². The van der Waals surface area contributed by atoms with Crippen LogP contribution in [0.4, 0.5) is 0 Å². The molecule has 0 spiro atoms. The van der Waals surface area contributed by atoms with Crippen molar-refractivity contribution in [3.05, 3.63) is 70.8 Å². The van der Waals surface area contributed by atoms with E-state index in [4.69, 9.17) is 21.4 Å². The zero-order chi connectivity index (χ0) is 15.2. The summed E-state index contributed by atoms with van der Waals surface area (Å²) in [5, 5.41) is 9.50. The number of hydrogen-bond acceptors (Lipinski definition) is 3. The average molecular weight is 303 g/mol. The first-order valence-electron chi connectivity index (χ1n) is 6.04. The molecule has 4 nitrogen and oxygen atoms in total. The van der Waals surface area contributed by atoms with Crippen LogP contribution < -0.4 is 4.74 Å². The molecule has 0 aliphatic heterocycles. The second-order valence-electron chi connectivity index (χ2n) is 4.08. The number of benzene rings is 2. The Balaban J connectivity index is 2.13. The van der Waals surface area contributed by atoms with Gasteiger partial charge in [-0.25, -0.2) is 9.59 Å². The van der Waals surface area contributed by atoms with Crippen LogP contribution in [0.15, 0.2) is 54.6 Å². The van der Waals surface area contributed by atoms with Crippen molar-refractivity contribution >= 4 is 29.6 Å². The van der Waals surface area contributed by atoms with Gasteiger partial charge in [0.2, 0.25) is 0 Å². The molecule has 2 aromatic rings. The molecule has 0 fully saturated rings. The third-order valence-corrected chi connectivity index (χ3v) is 2.98. The van der Waals surface area contributed by atoms with Crippen molar-refractivity contribution in [2.24, 2.45) is 0 Å². The standard InChI is InChI=1S/C16H11ClO4/c17-13-7-3-1-5-11(13)9-10-15(18)21-14-8-4-2-6-12(14)16(19)20/h1-10H,(H,19,20)/b10-9+. The van der Waals surface area contributed by atoms with Gasteiger partial charge in [-0.05, 0) is 29.8 Å². The van der Waals surface area contributed by atoms with Gasteiger partial charge in [0.1, 0.15) is 11.3 Å². The summed E-state index contributed by atoms with van der Waals surface area (Å²) in [4.78, 5) is 22.7. The molecule has 0 aliphatic carbocycles. The van der Waals surface area contributed by atoms with Crippen molar-refractivity contribution < 1.29 is 19.4 Å². The molecule has 0 aliphatic rings. The molecular weight excluding hydrogens is 292 g/mol. The molecule has 21 heavy (non-hydrogen) atoms. The number of aromatic carboxylic acids is 1. The zero-order valence-electron chi connectivity index (χ0n) is 10.8. The van der Waals surface area contributed by atoms with Crippen molar-refractivity contribution in [2.75, 3.05) is 0 Å². The van der Waals surface area contributed by atoms with E-state index in [1.165, 1.54) is 24.3 Å². The van der Waals surface area contributed by atoms with Crippen LogP contribution in [0.5, 0.6) is 5.75 Å². The van der Waals surface area contributed by atoms with E-state index >= 15 is 0 Å². The molecular formula is C16H11ClO4. The number of rotatable bonds is 4. The number of hydrogen-bond donors (Lipinski definition) is 1. The van der Waals surface area contributed by atoms with E-state index in [1.54, 1.807) is 36.4 Å². The summed E-state index contributed by atoms with van der Waals surface area (Å²) in [6, 6.07) is 12.9. The van der Waals surface area contributed by atoms with Crippen LogP contribution in [0.25, 0.3) is 6.08 Å². The fourth-order valence-electron chi connectivity index (χ4n) is 1.64. The molecule has 0 atom stereocenters. The van der Waals surface area contributed by atoms with E-state index < -0.39 is 11.9 Å². The molecule has 0 saturated heterocycles. The molecule has 5 heteroatoms. The number of para-hydroxylation sites is 1. The zero-order valence-corrected chi connectivity index (χ0v) is 11.6. The Morgan fingerprint density at radius 3 is 2.43 bits per heavy atom. The highest BCUT2D eigenvalue weighted by Gasteiger charge is 2.12. The smallest absolute Gasteiger partial charge is 0.339 e. The highest BCUT2D eigenvalue weighted by atomic mass is 35.5. The fraction of sp³-hybridized carbons (Fsp3) is 0. The van der Waals surface area contributed by atoms with Crippen molar-refractivity contribution in [3.63, 3.8) is 0 Å². The maximum absolute atomic E-state index is 11.7. The van der Waals surface area contributed by atoms with Gasteiger partial charge in [0, 0.05) is 11.1 Å². The Labute approximate surface area is 126 Å². The lowest BCUT2D eigenvalue weighted by molar-refractivity contribution is -0.128. The quantitative estimate of drug-likeness (QED) is 0.532. The molecule has 0 unspecified atom stereocenters. The molecule has 106 valence electrons. The summed E-state index contributed by atoms with van der Waals surface area (Å²) in [6.07, 6.45) is 2.70. The van der Waals surface area contributed by atoms with E-state index in [0.717, 1.165) is 0 Å². The Bertz CT molecular complexity index is 707. The molecule has 0 heterocycles. The van der Waals surface area contributed by atoms with Gasteiger partial charge in [-0.2, -0.15) is 0 Å². The number of halogens is 1. The lowest BCUT2D eigenvalue weighted by Crippen LogP contribution is -2.08. The van der Waals surface area contributed by atoms with Gasteiger partial charge in [0.25, 0.3) is 0 Å². The predicted molar refractivity (Wildman–Crippen MR) is 79.5 cm³/mol. The Hall–Kier alpha value is -2.59. The second-order valence-corrected chi connectivity index (χ2v) is 4.48. The van der Waals surface area contributed by atoms with Crippen LogP contribution in [0, 0.1) is 0 Å². The molecule has 2 aromatic carbocycles. The average Bonchev–Trinajstić information content (AvgIpc) is 2.47. The van der Waals surface area contributed by atoms with E-state index in [2.05, 4.69) is 0 Å². The highest BCUT2D eigenvalue weighted by molar-refractivity contribution is 6.32. The molecule has 0 bridgehead atoms. The lowest BCUT2D eigenvalue weighted by atomic mass is 10.2. The van der Waals surface area contributed by atoms with Crippen LogP contribution in [0.2, 0.25) is 5.02 Å². The normalized spacial score (nSPS) is 10.5. The van der Waals surface area contributed by atoms with E-state index in [9.17, 15) is 9.59 Å². The summed E-state index contributed by atoms with van der Waals surface area (Å²) in [5.74, 6) is -1.84. The van der Waals surface area contributed by atoms with Gasteiger partial charge in [0.15, 0.2) is 0 Å². The molecule has 0 amide bonds. The van der Waals surface area contributed by atoms with Crippen LogP contribution in [-0.4, -0.2) is 17.0 Å². The maximum atomic E-state index is 11.7. The first-order valence-corrected chi connectivity index (χ1v) is 6.42. The van der Waals surface area contributed by atoms with Crippen molar-refractivity contribution in [3.8, 4) is 5.75 Å². The molecule has 2 rings (SSSR count). The summed E-state index contributed by atoms with van der Waals surface area (Å²) in [6.45, 7) is 0. The number of ether oxygens (including phenoxy) is 1. The van der Waals surface area contributed by atoms with E-state index in [1.807, 2.05) is 0 Å². The largest absolute Gasteiger partial charge is 0.478 e. The Morgan fingerprint density at radius 2 is 1.71 bits per heavy atom. The van der Waals surface area contributed by atoms with E-state index in [0.29, 0.717) is 10.6 Å². The molecule has 0 aromatic heterocycles. The minimum atomic E-state index is -1.16. The van der Waals surface area contributed by atoms with Crippen molar-refractivity contribution in [1.29, 1.82) is 0 Å². The topological polar surface area (TPSA) is 63.6 Å². The number of carbonyl (C=O) groups excluding carboxylic acids is 1. The molecule has 1 N–H and O–H groups in total. The SMILES string of the molecule is O=C(/C=C/c1ccccc1Cl)Oc1ccccc1C(=O)O. The van der Waals surface area contributed by atoms with E-state index in [-0.39, 0.29) is 11.3 Å². The summed E-state index contributed by atoms with van der Waals surface area (Å²) < 4.78 is 5.02. The van der Waals surface area contributed by atoms with Gasteiger partial charge in [0.05, 0.1) is 0 Å². The number of carboxylic acids is 1. The Morgan fingerprint density at radius 1 is 1.05 bits per heavy atom. The molecule has 0 radical (unpaired) electrons. The number of carboxylic acid groups (broad SMARTS) is 1. The fourth-order valence-corrected chi connectivity index (χ4v) is 1.84. The summed E-state index contributed by atoms with van der Waals surface area (Å²) in [7, 11) is 0. The second kappa shape index (κ2) is 6.72. The van der Waals surface area contributed by atoms with Gasteiger partial charge >= 0.3 is 11.9 Å². The minimum absolute atomic E-state index is 0.00110. The molecule has 0 saturated carbocycles. The third-order valence-electron chi connectivity index (χ3n) is 2.63. The summed E-state index contributed by atoms with van der Waals surface area (Å²) >= 11 is 5.95. The first kappa shape index (κ1) is 14.8. The monoisotopic (exact) mass is 302 g/mol. The highest BCUT2D eigenvalue weighted by Crippen LogP contribution is 2.19. The maximum Gasteiger partial charge on any atom is 0.339 e.